The number of fused-ring (bicyclic) bond motifs is 1. The van der Waals surface area contributed by atoms with Gasteiger partial charge in [-0.3, -0.25) is 14.2 Å². The number of likely N-dealkylation sites (tertiary alicyclic amines) is 1. The predicted molar refractivity (Wildman–Crippen MR) is 145 cm³/mol. The average molecular weight is 541 g/mol. The fourth-order valence-electron chi connectivity index (χ4n) is 5.66. The first-order valence-electron chi connectivity index (χ1n) is 13.4. The average Bonchev–Trinajstić information content (AvgIpc) is 3.32. The maximum atomic E-state index is 15.4. The Labute approximate surface area is 226 Å². The third kappa shape index (κ3) is 5.76. The van der Waals surface area contributed by atoms with E-state index in [1.165, 1.54) is 6.07 Å². The van der Waals surface area contributed by atoms with Crippen molar-refractivity contribution in [2.45, 2.75) is 38.2 Å². The molecule has 1 saturated heterocycles. The highest BCUT2D eigenvalue weighted by Gasteiger charge is 2.26. The van der Waals surface area contributed by atoms with Gasteiger partial charge in [-0.1, -0.05) is 18.2 Å². The Morgan fingerprint density at radius 2 is 1.72 bits per heavy atom. The first kappa shape index (κ1) is 27.1. The maximum Gasteiger partial charge on any atom is 0.182 e. The van der Waals surface area contributed by atoms with Gasteiger partial charge in [0.15, 0.2) is 17.4 Å². The molecule has 1 fully saturated rings. The van der Waals surface area contributed by atoms with Gasteiger partial charge < -0.3 is 10.1 Å². The molecule has 5 rings (SSSR count). The van der Waals surface area contributed by atoms with E-state index in [1.807, 2.05) is 24.3 Å². The Kier molecular flexibility index (Phi) is 8.41. The molecule has 0 spiro atoms. The van der Waals surface area contributed by atoms with Crippen LogP contribution in [0.3, 0.4) is 0 Å². The number of rotatable bonds is 9. The molecule has 4 nitrogen and oxygen atoms in total. The second-order valence-corrected chi connectivity index (χ2v) is 10.0. The highest BCUT2D eigenvalue weighted by molar-refractivity contribution is 6.00. The van der Waals surface area contributed by atoms with Crippen LogP contribution in [0.1, 0.15) is 47.9 Å². The van der Waals surface area contributed by atoms with Crippen LogP contribution in [0.4, 0.5) is 23.4 Å². The summed E-state index contributed by atoms with van der Waals surface area (Å²) in [5.41, 5.74) is 4.29. The van der Waals surface area contributed by atoms with Crippen molar-refractivity contribution in [2.75, 3.05) is 38.7 Å². The normalized spacial score (nSPS) is 17.6. The van der Waals surface area contributed by atoms with Gasteiger partial charge in [0, 0.05) is 36.8 Å². The summed E-state index contributed by atoms with van der Waals surface area (Å²) >= 11 is 0. The zero-order valence-electron chi connectivity index (χ0n) is 21.9. The molecule has 206 valence electrons. The molecule has 3 aromatic carbocycles. The van der Waals surface area contributed by atoms with Crippen molar-refractivity contribution in [3.63, 3.8) is 0 Å². The molecule has 1 heterocycles. The van der Waals surface area contributed by atoms with Gasteiger partial charge in [0.1, 0.15) is 11.9 Å². The third-order valence-electron chi connectivity index (χ3n) is 7.57. The van der Waals surface area contributed by atoms with E-state index < -0.39 is 11.6 Å². The zero-order valence-corrected chi connectivity index (χ0v) is 21.9. The Morgan fingerprint density at radius 1 is 0.949 bits per heavy atom. The summed E-state index contributed by atoms with van der Waals surface area (Å²) in [6.07, 6.45) is 3.27. The Balaban J connectivity index is 1.52. The van der Waals surface area contributed by atoms with E-state index in [-0.39, 0.29) is 29.8 Å². The number of benzene rings is 3. The summed E-state index contributed by atoms with van der Waals surface area (Å²) in [5, 5.41) is 2.68. The summed E-state index contributed by atoms with van der Waals surface area (Å²) in [5.74, 6) is -1.01. The van der Waals surface area contributed by atoms with Crippen molar-refractivity contribution >= 4 is 16.8 Å². The zero-order chi connectivity index (χ0) is 27.4. The largest absolute Gasteiger partial charge is 0.489 e. The number of halogens is 4. The highest BCUT2D eigenvalue weighted by atomic mass is 19.3. The summed E-state index contributed by atoms with van der Waals surface area (Å²) in [7, 11) is 1.55. The molecule has 2 aliphatic rings. The van der Waals surface area contributed by atoms with Crippen LogP contribution < -0.4 is 15.0 Å². The SMILES string of the molecule is CNc1ccc(C2=C(c3ccc(OC4CCN(CCCF)C4)cc3)c3ccc(OF)cc3CCC2)c(F)c1F. The van der Waals surface area contributed by atoms with Crippen molar-refractivity contribution < 1.29 is 27.4 Å². The molecular formula is C31H32F4N2O2. The van der Waals surface area contributed by atoms with Gasteiger partial charge in [0.25, 0.3) is 0 Å². The number of hydrogen-bond acceptors (Lipinski definition) is 4. The molecule has 1 aliphatic carbocycles. The number of nitrogens with one attached hydrogen (secondary N) is 1. The van der Waals surface area contributed by atoms with E-state index in [9.17, 15) is 13.3 Å². The highest BCUT2D eigenvalue weighted by Crippen LogP contribution is 2.42. The molecule has 8 heteroatoms. The van der Waals surface area contributed by atoms with Crippen molar-refractivity contribution in [1.29, 1.82) is 0 Å². The minimum atomic E-state index is -0.923. The lowest BCUT2D eigenvalue weighted by Crippen LogP contribution is -2.26. The fraction of sp³-hybridized carbons (Fsp3) is 0.355. The van der Waals surface area contributed by atoms with Crippen LogP contribution in [-0.4, -0.2) is 44.4 Å². The molecule has 39 heavy (non-hydrogen) atoms. The molecule has 1 unspecified atom stereocenters. The number of hydrogen-bond donors (Lipinski definition) is 1. The Morgan fingerprint density at radius 3 is 2.46 bits per heavy atom. The van der Waals surface area contributed by atoms with Crippen LogP contribution in [0, 0.1) is 11.6 Å². The molecule has 1 N–H and O–H groups in total. The minimum absolute atomic E-state index is 0.0331. The van der Waals surface area contributed by atoms with Crippen LogP contribution in [-0.2, 0) is 6.42 Å². The molecule has 0 bridgehead atoms. The topological polar surface area (TPSA) is 33.7 Å². The van der Waals surface area contributed by atoms with Crippen LogP contribution in [0.5, 0.6) is 11.5 Å². The lowest BCUT2D eigenvalue weighted by atomic mass is 9.87. The lowest BCUT2D eigenvalue weighted by molar-refractivity contribution is -0.00629. The molecule has 0 amide bonds. The number of alkyl halides is 1. The summed E-state index contributed by atoms with van der Waals surface area (Å²) in [4.78, 5) is 6.18. The second-order valence-electron chi connectivity index (χ2n) is 10.0. The van der Waals surface area contributed by atoms with Crippen molar-refractivity contribution in [3.05, 3.63) is 88.5 Å². The van der Waals surface area contributed by atoms with Gasteiger partial charge in [0.05, 0.1) is 12.4 Å². The van der Waals surface area contributed by atoms with Crippen molar-refractivity contribution in [2.24, 2.45) is 0 Å². The quantitative estimate of drug-likeness (QED) is 0.287. The van der Waals surface area contributed by atoms with Gasteiger partial charge in [-0.25, -0.2) is 8.78 Å². The van der Waals surface area contributed by atoms with Crippen LogP contribution in [0.2, 0.25) is 0 Å². The monoisotopic (exact) mass is 540 g/mol. The predicted octanol–water partition coefficient (Wildman–Crippen LogP) is 7.38. The number of anilines is 1. The van der Waals surface area contributed by atoms with E-state index in [0.29, 0.717) is 37.0 Å². The van der Waals surface area contributed by atoms with Gasteiger partial charge in [0.2, 0.25) is 0 Å². The number of aryl methyl sites for hydroxylation is 1. The van der Waals surface area contributed by atoms with E-state index in [1.54, 1.807) is 31.3 Å². The molecular weight excluding hydrogens is 508 g/mol. The summed E-state index contributed by atoms with van der Waals surface area (Å²) < 4.78 is 61.9. The van der Waals surface area contributed by atoms with Crippen molar-refractivity contribution in [1.82, 2.24) is 4.90 Å². The number of nitrogens with zero attached hydrogens (tertiary/aromatic N) is 1. The standard InChI is InChI=1S/C31H32F4N2O2/c1-36-28-13-12-27(30(33)31(28)34)26-5-2-4-21-18-23(39-35)10-11-25(21)29(26)20-6-8-22(9-7-20)38-24-14-17-37(19-24)16-3-15-32/h6-13,18,24,36H,2-5,14-17,19H2,1H3. The molecule has 0 saturated carbocycles. The van der Waals surface area contributed by atoms with Crippen molar-refractivity contribution in [3.8, 4) is 11.5 Å². The third-order valence-corrected chi connectivity index (χ3v) is 7.57. The number of ether oxygens (including phenoxy) is 1. The first-order chi connectivity index (χ1) is 19.0. The van der Waals surface area contributed by atoms with Crippen LogP contribution in [0.15, 0.2) is 54.6 Å². The van der Waals surface area contributed by atoms with Gasteiger partial charge in [-0.15, -0.1) is 0 Å². The number of allylic oxidation sites excluding steroid dienone is 1. The Hall–Kier alpha value is -3.52. The molecule has 1 aliphatic heterocycles. The molecule has 0 radical (unpaired) electrons. The van der Waals surface area contributed by atoms with Gasteiger partial charge in [-0.05, 0) is 96.3 Å². The second kappa shape index (κ2) is 12.1. The smallest absolute Gasteiger partial charge is 0.182 e. The molecule has 1 atom stereocenters. The van der Waals surface area contributed by atoms with Crippen LogP contribution in [0.25, 0.3) is 11.1 Å². The van der Waals surface area contributed by atoms with Gasteiger partial charge >= 0.3 is 0 Å². The summed E-state index contributed by atoms with van der Waals surface area (Å²) in [6, 6.07) is 15.7. The first-order valence-corrected chi connectivity index (χ1v) is 13.4. The Bertz CT molecular complexity index is 1340. The summed E-state index contributed by atoms with van der Waals surface area (Å²) in [6.45, 7) is 2.06. The van der Waals surface area contributed by atoms with E-state index in [2.05, 4.69) is 15.2 Å². The maximum absolute atomic E-state index is 15.4. The fourth-order valence-corrected chi connectivity index (χ4v) is 5.66. The lowest BCUT2D eigenvalue weighted by Gasteiger charge is -2.19. The van der Waals surface area contributed by atoms with E-state index >= 15 is 4.39 Å². The molecule has 0 aromatic heterocycles. The minimum Gasteiger partial charge on any atom is -0.489 e. The van der Waals surface area contributed by atoms with E-state index in [0.717, 1.165) is 48.3 Å². The molecule has 3 aromatic rings. The van der Waals surface area contributed by atoms with Crippen LogP contribution >= 0.6 is 0 Å². The van der Waals surface area contributed by atoms with E-state index in [4.69, 9.17) is 4.74 Å². The van der Waals surface area contributed by atoms with Gasteiger partial charge in [-0.2, -0.15) is 0 Å².